The maximum Gasteiger partial charge on any atom is 0.376 e. The fourth-order valence-electron chi connectivity index (χ4n) is 1.31. The maximum absolute atomic E-state index is 12.0. The lowest BCUT2D eigenvalue weighted by Gasteiger charge is -2.25. The first kappa shape index (κ1) is 16.5. The zero-order valence-electron chi connectivity index (χ0n) is 10.1. The predicted octanol–water partition coefficient (Wildman–Crippen LogP) is 1.46. The minimum Gasteiger partial charge on any atom is -0.382 e. The van der Waals surface area contributed by atoms with Gasteiger partial charge in [0.1, 0.15) is 5.82 Å². The summed E-state index contributed by atoms with van der Waals surface area (Å²) < 4.78 is 12.0. The van der Waals surface area contributed by atoms with Crippen molar-refractivity contribution in [3.05, 3.63) is 18.3 Å². The molecule has 1 aromatic heterocycles. The molecule has 0 amide bonds. The van der Waals surface area contributed by atoms with Crippen LogP contribution in [0.3, 0.4) is 0 Å². The van der Waals surface area contributed by atoms with Gasteiger partial charge in [-0.25, -0.2) is 14.6 Å². The Morgan fingerprint density at radius 2 is 2.05 bits per heavy atom. The van der Waals surface area contributed by atoms with Crippen molar-refractivity contribution < 1.29 is 9.46 Å². The standard InChI is InChI=1S/C9H16Cl2N5O2P/c10-3-6-16(7-4-11)15-19(17,18)14-8-2-1-5-13-9(8)12/h1-2,5H,3-4,6-7H2,(H2,12,13)(H3,14,15,17,18). The van der Waals surface area contributed by atoms with Crippen LogP contribution in [0.4, 0.5) is 11.5 Å². The highest BCUT2D eigenvalue weighted by Crippen LogP contribution is 2.37. The fourth-order valence-corrected chi connectivity index (χ4v) is 2.86. The van der Waals surface area contributed by atoms with Gasteiger partial charge in [0.15, 0.2) is 0 Å². The number of nitrogens with zero attached hydrogens (tertiary/aromatic N) is 2. The van der Waals surface area contributed by atoms with Gasteiger partial charge >= 0.3 is 7.67 Å². The molecule has 5 N–H and O–H groups in total. The SMILES string of the molecule is Nc1ncccc1NP(=O)(O)NN(CCCl)CCCl. The van der Waals surface area contributed by atoms with E-state index in [1.807, 2.05) is 0 Å². The zero-order chi connectivity index (χ0) is 14.3. The van der Waals surface area contributed by atoms with Crippen LogP contribution in [0.5, 0.6) is 0 Å². The minimum atomic E-state index is -3.87. The molecule has 1 heterocycles. The Morgan fingerprint density at radius 3 is 2.58 bits per heavy atom. The number of hydrazine groups is 1. The molecule has 7 nitrogen and oxygen atoms in total. The first-order valence-electron chi connectivity index (χ1n) is 5.45. The summed E-state index contributed by atoms with van der Waals surface area (Å²) in [6.45, 7) is 0.756. The lowest BCUT2D eigenvalue weighted by Crippen LogP contribution is -2.39. The van der Waals surface area contributed by atoms with Crippen molar-refractivity contribution in [1.29, 1.82) is 0 Å². The molecule has 0 aliphatic rings. The largest absolute Gasteiger partial charge is 0.382 e. The molecule has 0 aromatic carbocycles. The molecule has 0 aliphatic carbocycles. The molecule has 0 saturated heterocycles. The Morgan fingerprint density at radius 1 is 1.42 bits per heavy atom. The van der Waals surface area contributed by atoms with Crippen molar-refractivity contribution in [2.75, 3.05) is 35.7 Å². The van der Waals surface area contributed by atoms with Crippen molar-refractivity contribution in [1.82, 2.24) is 15.2 Å². The number of nitrogens with two attached hydrogens (primary N) is 1. The molecule has 1 aromatic rings. The van der Waals surface area contributed by atoms with Gasteiger partial charge in [0.2, 0.25) is 0 Å². The van der Waals surface area contributed by atoms with Crippen LogP contribution in [-0.4, -0.2) is 39.7 Å². The normalized spacial score (nSPS) is 14.3. The second kappa shape index (κ2) is 7.89. The van der Waals surface area contributed by atoms with E-state index in [-0.39, 0.29) is 11.5 Å². The molecule has 0 fully saturated rings. The number of anilines is 2. The molecule has 1 atom stereocenters. The number of rotatable bonds is 8. The van der Waals surface area contributed by atoms with E-state index in [1.165, 1.54) is 11.2 Å². The second-order valence-electron chi connectivity index (χ2n) is 3.59. The van der Waals surface area contributed by atoms with Crippen LogP contribution in [-0.2, 0) is 4.57 Å². The topological polar surface area (TPSA) is 104 Å². The summed E-state index contributed by atoms with van der Waals surface area (Å²) in [5, 5.41) is 6.34. The fraction of sp³-hybridized carbons (Fsp3) is 0.444. The number of halogens is 2. The Labute approximate surface area is 121 Å². The van der Waals surface area contributed by atoms with Crippen molar-refractivity contribution in [2.45, 2.75) is 0 Å². The highest BCUT2D eigenvalue weighted by atomic mass is 35.5. The van der Waals surface area contributed by atoms with Gasteiger partial charge in [0.25, 0.3) is 0 Å². The van der Waals surface area contributed by atoms with Crippen LogP contribution < -0.4 is 16.0 Å². The molecule has 0 saturated carbocycles. The van der Waals surface area contributed by atoms with E-state index in [1.54, 1.807) is 12.1 Å². The molecule has 19 heavy (non-hydrogen) atoms. The van der Waals surface area contributed by atoms with Gasteiger partial charge in [-0.15, -0.1) is 23.2 Å². The summed E-state index contributed by atoms with van der Waals surface area (Å²) in [7, 11) is -3.87. The second-order valence-corrected chi connectivity index (χ2v) is 5.92. The van der Waals surface area contributed by atoms with Crippen molar-refractivity contribution in [3.63, 3.8) is 0 Å². The van der Waals surface area contributed by atoms with Crippen LogP contribution in [0.25, 0.3) is 0 Å². The number of hydrogen-bond donors (Lipinski definition) is 4. The number of pyridine rings is 1. The zero-order valence-corrected chi connectivity index (χ0v) is 12.5. The Kier molecular flexibility index (Phi) is 6.85. The van der Waals surface area contributed by atoms with E-state index >= 15 is 0 Å². The quantitative estimate of drug-likeness (QED) is 0.325. The van der Waals surface area contributed by atoms with Gasteiger partial charge in [-0.2, -0.15) is 5.20 Å². The smallest absolute Gasteiger partial charge is 0.376 e. The van der Waals surface area contributed by atoms with Gasteiger partial charge < -0.3 is 10.6 Å². The lowest BCUT2D eigenvalue weighted by molar-refractivity contribution is 0.255. The molecule has 0 radical (unpaired) electrons. The molecule has 1 rings (SSSR count). The summed E-state index contributed by atoms with van der Waals surface area (Å²) in [6, 6.07) is 3.16. The molecule has 0 spiro atoms. The van der Waals surface area contributed by atoms with Crippen LogP contribution in [0.15, 0.2) is 18.3 Å². The van der Waals surface area contributed by atoms with E-state index < -0.39 is 7.67 Å². The lowest BCUT2D eigenvalue weighted by atomic mass is 10.4. The molecule has 1 unspecified atom stereocenters. The molecular weight excluding hydrogens is 312 g/mol. The average Bonchev–Trinajstić information content (AvgIpc) is 2.32. The molecule has 0 aliphatic heterocycles. The van der Waals surface area contributed by atoms with Crippen molar-refractivity contribution in [2.24, 2.45) is 0 Å². The van der Waals surface area contributed by atoms with Crippen molar-refractivity contribution in [3.8, 4) is 0 Å². The third-order valence-electron chi connectivity index (χ3n) is 2.10. The number of nitrogens with one attached hydrogen (secondary N) is 2. The van der Waals surface area contributed by atoms with E-state index in [2.05, 4.69) is 15.3 Å². The number of nitrogen functional groups attached to an aromatic ring is 1. The van der Waals surface area contributed by atoms with Gasteiger partial charge in [0.05, 0.1) is 5.69 Å². The minimum absolute atomic E-state index is 0.139. The number of hydrogen-bond acceptors (Lipinski definition) is 4. The Hall–Kier alpha value is -0.560. The van der Waals surface area contributed by atoms with Gasteiger partial charge in [-0.3, -0.25) is 5.09 Å². The molecular formula is C9H16Cl2N5O2P. The highest BCUT2D eigenvalue weighted by Gasteiger charge is 2.22. The Balaban J connectivity index is 2.69. The molecule has 108 valence electrons. The van der Waals surface area contributed by atoms with Crippen LogP contribution >= 0.6 is 30.9 Å². The third-order valence-corrected chi connectivity index (χ3v) is 3.53. The van der Waals surface area contributed by atoms with Crippen LogP contribution in [0.1, 0.15) is 0 Å². The van der Waals surface area contributed by atoms with Crippen molar-refractivity contribution >= 4 is 42.4 Å². The summed E-state index contributed by atoms with van der Waals surface area (Å²) in [6.07, 6.45) is 1.49. The Bertz CT molecular complexity index is 444. The predicted molar refractivity (Wildman–Crippen MR) is 78.2 cm³/mol. The maximum atomic E-state index is 12.0. The monoisotopic (exact) mass is 327 g/mol. The van der Waals surface area contributed by atoms with E-state index in [0.717, 1.165) is 0 Å². The summed E-state index contributed by atoms with van der Waals surface area (Å²) >= 11 is 11.2. The summed E-state index contributed by atoms with van der Waals surface area (Å²) in [5.41, 5.74) is 5.86. The summed E-state index contributed by atoms with van der Waals surface area (Å²) in [4.78, 5) is 13.7. The summed E-state index contributed by atoms with van der Waals surface area (Å²) in [5.74, 6) is 0.748. The van der Waals surface area contributed by atoms with Crippen LogP contribution in [0.2, 0.25) is 0 Å². The first-order valence-corrected chi connectivity index (χ1v) is 8.17. The first-order chi connectivity index (χ1) is 8.98. The highest BCUT2D eigenvalue weighted by molar-refractivity contribution is 7.57. The molecule has 0 bridgehead atoms. The molecule has 10 heteroatoms. The average molecular weight is 328 g/mol. The van der Waals surface area contributed by atoms with Gasteiger partial charge in [-0.1, -0.05) is 0 Å². The van der Waals surface area contributed by atoms with Gasteiger partial charge in [-0.05, 0) is 12.1 Å². The van der Waals surface area contributed by atoms with E-state index in [0.29, 0.717) is 24.8 Å². The van der Waals surface area contributed by atoms with Crippen LogP contribution in [0, 0.1) is 0 Å². The number of alkyl halides is 2. The number of aromatic nitrogens is 1. The van der Waals surface area contributed by atoms with E-state index in [4.69, 9.17) is 28.9 Å². The van der Waals surface area contributed by atoms with E-state index in [9.17, 15) is 9.46 Å². The third kappa shape index (κ3) is 5.95. The van der Waals surface area contributed by atoms with Gasteiger partial charge in [0, 0.05) is 31.0 Å².